The second-order valence-electron chi connectivity index (χ2n) is 11.1. The normalized spacial score (nSPS) is 23.0. The van der Waals surface area contributed by atoms with E-state index in [4.69, 9.17) is 8.85 Å². The van der Waals surface area contributed by atoms with Crippen molar-refractivity contribution in [3.63, 3.8) is 0 Å². The van der Waals surface area contributed by atoms with Crippen molar-refractivity contribution in [1.82, 2.24) is 4.90 Å². The molecule has 1 heterocycles. The van der Waals surface area contributed by atoms with Crippen molar-refractivity contribution in [1.29, 1.82) is 0 Å². The maximum absolute atomic E-state index is 13.1. The minimum atomic E-state index is -2.13. The number of hydrogen-bond acceptors (Lipinski definition) is 4. The Balaban J connectivity index is 2.96. The van der Waals surface area contributed by atoms with Crippen LogP contribution in [0.2, 0.25) is 36.3 Å². The molecule has 1 aliphatic rings. The van der Waals surface area contributed by atoms with Gasteiger partial charge in [0.05, 0.1) is 6.10 Å². The standard InChI is InChI=1S/C20H41NO5Si2/c1-14(25-27(8,9)19(2,3)4)17(22)21-13-15(12-16(21)18(23)24)26-28(10,11)20(5,6)7/h14-16H,12-13H2,1-11H3,(H,23,24)/t14-,15+,16-/m0/s1. The van der Waals surface area contributed by atoms with E-state index in [0.29, 0.717) is 13.0 Å². The van der Waals surface area contributed by atoms with Crippen molar-refractivity contribution in [2.75, 3.05) is 6.54 Å². The van der Waals surface area contributed by atoms with Crippen LogP contribution in [0.15, 0.2) is 0 Å². The fourth-order valence-electron chi connectivity index (χ4n) is 2.86. The van der Waals surface area contributed by atoms with E-state index in [-0.39, 0.29) is 22.1 Å². The first-order valence-electron chi connectivity index (χ1n) is 10.2. The van der Waals surface area contributed by atoms with E-state index >= 15 is 0 Å². The summed E-state index contributed by atoms with van der Waals surface area (Å²) in [6.45, 7) is 23.4. The first-order valence-corrected chi connectivity index (χ1v) is 16.0. The first-order chi connectivity index (χ1) is 12.3. The molecule has 0 unspecified atom stereocenters. The monoisotopic (exact) mass is 431 g/mol. The molecule has 1 fully saturated rings. The van der Waals surface area contributed by atoms with E-state index in [9.17, 15) is 14.7 Å². The van der Waals surface area contributed by atoms with Gasteiger partial charge in [0, 0.05) is 13.0 Å². The molecule has 3 atom stereocenters. The van der Waals surface area contributed by atoms with Gasteiger partial charge < -0.3 is 18.9 Å². The third-order valence-corrected chi connectivity index (χ3v) is 15.8. The molecule has 8 heteroatoms. The molecule has 0 aromatic heterocycles. The molecule has 1 N–H and O–H groups in total. The highest BCUT2D eigenvalue weighted by Crippen LogP contribution is 2.40. The summed E-state index contributed by atoms with van der Waals surface area (Å²) < 4.78 is 12.6. The number of likely N-dealkylation sites (tertiary alicyclic amines) is 1. The van der Waals surface area contributed by atoms with Gasteiger partial charge in [0.2, 0.25) is 0 Å². The van der Waals surface area contributed by atoms with Crippen molar-refractivity contribution >= 4 is 28.5 Å². The predicted octanol–water partition coefficient (Wildman–Crippen LogP) is 4.47. The highest BCUT2D eigenvalue weighted by Gasteiger charge is 2.47. The van der Waals surface area contributed by atoms with E-state index in [2.05, 4.69) is 67.7 Å². The average Bonchev–Trinajstić information content (AvgIpc) is 2.86. The number of carbonyl (C=O) groups excluding carboxylic acids is 1. The van der Waals surface area contributed by atoms with Gasteiger partial charge in [0.15, 0.2) is 16.6 Å². The Morgan fingerprint density at radius 1 is 1.00 bits per heavy atom. The van der Waals surface area contributed by atoms with Crippen LogP contribution in [-0.4, -0.2) is 63.3 Å². The van der Waals surface area contributed by atoms with Crippen molar-refractivity contribution in [3.05, 3.63) is 0 Å². The number of carboxylic acids is 1. The molecule has 0 aliphatic carbocycles. The minimum Gasteiger partial charge on any atom is -0.480 e. The summed E-state index contributed by atoms with van der Waals surface area (Å²) in [5, 5.41) is 9.69. The molecule has 0 aromatic rings. The van der Waals surface area contributed by atoms with E-state index in [0.717, 1.165) is 0 Å². The topological polar surface area (TPSA) is 76.1 Å². The molecular weight excluding hydrogens is 390 g/mol. The fraction of sp³-hybridized carbons (Fsp3) is 0.900. The fourth-order valence-corrected chi connectivity index (χ4v) is 5.55. The van der Waals surface area contributed by atoms with Gasteiger partial charge in [-0.05, 0) is 43.2 Å². The number of hydrogen-bond donors (Lipinski definition) is 1. The van der Waals surface area contributed by atoms with Gasteiger partial charge in [-0.2, -0.15) is 0 Å². The van der Waals surface area contributed by atoms with Crippen LogP contribution < -0.4 is 0 Å². The van der Waals surface area contributed by atoms with Crippen molar-refractivity contribution in [2.24, 2.45) is 0 Å². The van der Waals surface area contributed by atoms with E-state index < -0.39 is 34.7 Å². The summed E-state index contributed by atoms with van der Waals surface area (Å²) in [6.07, 6.45) is -0.569. The smallest absolute Gasteiger partial charge is 0.326 e. The summed E-state index contributed by atoms with van der Waals surface area (Å²) >= 11 is 0. The van der Waals surface area contributed by atoms with Crippen molar-refractivity contribution in [2.45, 2.75) is 109 Å². The summed E-state index contributed by atoms with van der Waals surface area (Å²) in [5.74, 6) is -1.23. The number of nitrogens with zero attached hydrogens (tertiary/aromatic N) is 1. The second-order valence-corrected chi connectivity index (χ2v) is 20.6. The molecule has 0 spiro atoms. The van der Waals surface area contributed by atoms with Gasteiger partial charge in [-0.3, -0.25) is 4.79 Å². The Kier molecular flexibility index (Phi) is 7.42. The average molecular weight is 432 g/mol. The maximum atomic E-state index is 13.1. The van der Waals surface area contributed by atoms with Gasteiger partial charge in [-0.15, -0.1) is 0 Å². The Hall–Kier alpha value is -0.706. The molecule has 0 saturated carbocycles. The van der Waals surface area contributed by atoms with Gasteiger partial charge in [-0.25, -0.2) is 4.79 Å². The van der Waals surface area contributed by atoms with Gasteiger partial charge in [-0.1, -0.05) is 41.5 Å². The molecular formula is C20H41NO5Si2. The summed E-state index contributed by atoms with van der Waals surface area (Å²) in [4.78, 5) is 26.4. The van der Waals surface area contributed by atoms with E-state index in [1.165, 1.54) is 4.90 Å². The molecule has 1 amide bonds. The molecule has 1 saturated heterocycles. The van der Waals surface area contributed by atoms with E-state index in [1.54, 1.807) is 6.92 Å². The minimum absolute atomic E-state index is 0.0211. The van der Waals surface area contributed by atoms with Gasteiger partial charge in [0.1, 0.15) is 12.1 Å². The van der Waals surface area contributed by atoms with Crippen LogP contribution >= 0.6 is 0 Å². The number of carbonyl (C=O) groups is 2. The van der Waals surface area contributed by atoms with Gasteiger partial charge >= 0.3 is 5.97 Å². The number of aliphatic carboxylic acids is 1. The zero-order valence-corrected chi connectivity index (χ0v) is 21.7. The summed E-state index contributed by atoms with van der Waals surface area (Å²) in [7, 11) is -4.17. The molecule has 164 valence electrons. The Morgan fingerprint density at radius 2 is 1.46 bits per heavy atom. The number of rotatable bonds is 6. The number of amides is 1. The third kappa shape index (κ3) is 5.67. The van der Waals surface area contributed by atoms with Crippen LogP contribution in [-0.2, 0) is 18.4 Å². The first kappa shape index (κ1) is 25.3. The van der Waals surface area contributed by atoms with Crippen LogP contribution in [0.3, 0.4) is 0 Å². The Morgan fingerprint density at radius 3 is 1.86 bits per heavy atom. The van der Waals surface area contributed by atoms with Crippen molar-refractivity contribution in [3.8, 4) is 0 Å². The second kappa shape index (κ2) is 8.20. The molecule has 0 radical (unpaired) electrons. The summed E-state index contributed by atoms with van der Waals surface area (Å²) in [6, 6.07) is -0.854. The quantitative estimate of drug-likeness (QED) is 0.628. The number of carboxylic acid groups (broad SMARTS) is 1. The zero-order chi connectivity index (χ0) is 22.3. The predicted molar refractivity (Wildman–Crippen MR) is 118 cm³/mol. The van der Waals surface area contributed by atoms with Gasteiger partial charge in [0.25, 0.3) is 5.91 Å². The van der Waals surface area contributed by atoms with Crippen LogP contribution in [0.4, 0.5) is 0 Å². The van der Waals surface area contributed by atoms with E-state index in [1.807, 2.05) is 0 Å². The highest BCUT2D eigenvalue weighted by atomic mass is 28.4. The van der Waals surface area contributed by atoms with Crippen molar-refractivity contribution < 1.29 is 23.5 Å². The molecule has 0 bridgehead atoms. The lowest BCUT2D eigenvalue weighted by molar-refractivity contribution is -0.151. The van der Waals surface area contributed by atoms with Crippen LogP contribution in [0, 0.1) is 0 Å². The van der Waals surface area contributed by atoms with Crippen LogP contribution in [0.25, 0.3) is 0 Å². The molecule has 28 heavy (non-hydrogen) atoms. The Bertz CT molecular complexity index is 592. The summed E-state index contributed by atoms with van der Waals surface area (Å²) in [5.41, 5.74) is 0. The molecule has 6 nitrogen and oxygen atoms in total. The highest BCUT2D eigenvalue weighted by molar-refractivity contribution is 6.74. The maximum Gasteiger partial charge on any atom is 0.326 e. The lowest BCUT2D eigenvalue weighted by Crippen LogP contribution is -2.51. The third-order valence-electron chi connectivity index (χ3n) is 6.72. The lowest BCUT2D eigenvalue weighted by atomic mass is 10.2. The molecule has 0 aromatic carbocycles. The lowest BCUT2D eigenvalue weighted by Gasteiger charge is -2.39. The SMILES string of the molecule is C[C@H](O[Si](C)(C)C(C)(C)C)C(=O)N1C[C@H](O[Si](C)(C)C(C)(C)C)C[C@H]1C(=O)O. The van der Waals surface area contributed by atoms with Crippen LogP contribution in [0.5, 0.6) is 0 Å². The molecule has 1 aliphatic heterocycles. The molecule has 1 rings (SSSR count). The Labute approximate surface area is 173 Å². The zero-order valence-electron chi connectivity index (χ0n) is 19.7. The largest absolute Gasteiger partial charge is 0.480 e. The van der Waals surface area contributed by atoms with Crippen LogP contribution in [0.1, 0.15) is 54.9 Å².